The molecule has 1 saturated heterocycles. The lowest BCUT2D eigenvalue weighted by Gasteiger charge is -2.32. The monoisotopic (exact) mass is 368 g/mol. The number of ether oxygens (including phenoxy) is 1. The Bertz CT molecular complexity index is 744. The van der Waals surface area contributed by atoms with Crippen LogP contribution in [0.1, 0.15) is 43.4 Å². The molecule has 0 spiro atoms. The lowest BCUT2D eigenvalue weighted by molar-refractivity contribution is -0.151. The largest absolute Gasteiger partial charge is 0.466 e. The van der Waals surface area contributed by atoms with E-state index < -0.39 is 0 Å². The maximum Gasteiger partial charge on any atom is 0.309 e. The van der Waals surface area contributed by atoms with E-state index >= 15 is 0 Å². The molecule has 1 aliphatic heterocycles. The summed E-state index contributed by atoms with van der Waals surface area (Å²) in [5.74, 6) is -0.0719. The third-order valence-electron chi connectivity index (χ3n) is 5.29. The van der Waals surface area contributed by atoms with Crippen molar-refractivity contribution in [1.82, 2.24) is 9.47 Å². The number of aromatic nitrogens is 1. The van der Waals surface area contributed by atoms with E-state index in [0.717, 1.165) is 5.56 Å². The molecule has 5 heteroatoms. The Kier molecular flexibility index (Phi) is 6.32. The maximum absolute atomic E-state index is 12.9. The molecule has 2 aromatic rings. The zero-order valence-corrected chi connectivity index (χ0v) is 16.1. The average molecular weight is 368 g/mol. The molecule has 0 aliphatic carbocycles. The lowest BCUT2D eigenvalue weighted by atomic mass is 9.95. The van der Waals surface area contributed by atoms with Gasteiger partial charge in [0.25, 0.3) is 0 Å². The van der Waals surface area contributed by atoms with E-state index in [-0.39, 0.29) is 23.8 Å². The van der Waals surface area contributed by atoms with E-state index in [0.29, 0.717) is 39.0 Å². The van der Waals surface area contributed by atoms with Crippen molar-refractivity contribution in [2.24, 2.45) is 5.92 Å². The van der Waals surface area contributed by atoms with Gasteiger partial charge in [-0.25, -0.2) is 0 Å². The standard InChI is InChI=1S/C22H28N2O3/c1-3-27-22(26)19-10-14-24(15-11-19)21(25)16-20(23-12-4-5-13-23)18-8-6-17(2)7-9-18/h4-9,12-13,19-20H,3,10-11,14-16H2,1-2H3/t20-/m0/s1. The Morgan fingerprint density at radius 1 is 1.11 bits per heavy atom. The van der Waals surface area contributed by atoms with Crippen LogP contribution in [-0.2, 0) is 14.3 Å². The minimum atomic E-state index is -0.130. The van der Waals surface area contributed by atoms with Crippen LogP contribution in [0.4, 0.5) is 0 Å². The van der Waals surface area contributed by atoms with Crippen LogP contribution in [0, 0.1) is 12.8 Å². The second-order valence-corrected chi connectivity index (χ2v) is 7.17. The Balaban J connectivity index is 1.65. The van der Waals surface area contributed by atoms with Crippen molar-refractivity contribution in [3.8, 4) is 0 Å². The molecule has 1 atom stereocenters. The van der Waals surface area contributed by atoms with Crippen LogP contribution in [0.3, 0.4) is 0 Å². The number of hydrogen-bond acceptors (Lipinski definition) is 3. The van der Waals surface area contributed by atoms with Crippen LogP contribution in [0.15, 0.2) is 48.8 Å². The number of nitrogens with zero attached hydrogens (tertiary/aromatic N) is 2. The third kappa shape index (κ3) is 4.79. The summed E-state index contributed by atoms with van der Waals surface area (Å²) in [4.78, 5) is 26.7. The smallest absolute Gasteiger partial charge is 0.309 e. The molecule has 3 rings (SSSR count). The van der Waals surface area contributed by atoms with E-state index in [1.807, 2.05) is 36.4 Å². The van der Waals surface area contributed by atoms with Gasteiger partial charge >= 0.3 is 5.97 Å². The third-order valence-corrected chi connectivity index (χ3v) is 5.29. The molecule has 1 aliphatic rings. The van der Waals surface area contributed by atoms with Crippen LogP contribution in [0.25, 0.3) is 0 Å². The maximum atomic E-state index is 12.9. The van der Waals surface area contributed by atoms with Gasteiger partial charge in [0, 0.05) is 25.5 Å². The fourth-order valence-corrected chi connectivity index (χ4v) is 3.66. The molecule has 1 amide bonds. The minimum Gasteiger partial charge on any atom is -0.466 e. The number of likely N-dealkylation sites (tertiary alicyclic amines) is 1. The van der Waals surface area contributed by atoms with Gasteiger partial charge in [-0.15, -0.1) is 0 Å². The molecule has 0 saturated carbocycles. The zero-order chi connectivity index (χ0) is 19.2. The van der Waals surface area contributed by atoms with Gasteiger partial charge in [0.2, 0.25) is 5.91 Å². The highest BCUT2D eigenvalue weighted by molar-refractivity contribution is 5.78. The van der Waals surface area contributed by atoms with Crippen molar-refractivity contribution in [3.05, 3.63) is 59.9 Å². The van der Waals surface area contributed by atoms with Gasteiger partial charge in [0.05, 0.1) is 25.0 Å². The molecule has 0 bridgehead atoms. The van der Waals surface area contributed by atoms with Crippen molar-refractivity contribution >= 4 is 11.9 Å². The summed E-state index contributed by atoms with van der Waals surface area (Å²) in [5, 5.41) is 0. The van der Waals surface area contributed by atoms with Crippen molar-refractivity contribution in [2.75, 3.05) is 19.7 Å². The van der Waals surface area contributed by atoms with Gasteiger partial charge in [-0.2, -0.15) is 0 Å². The van der Waals surface area contributed by atoms with Gasteiger partial charge in [-0.3, -0.25) is 9.59 Å². The fourth-order valence-electron chi connectivity index (χ4n) is 3.66. The summed E-state index contributed by atoms with van der Waals surface area (Å²) >= 11 is 0. The first-order valence-corrected chi connectivity index (χ1v) is 9.72. The number of benzene rings is 1. The predicted octanol–water partition coefficient (Wildman–Crippen LogP) is 3.58. The lowest BCUT2D eigenvalue weighted by Crippen LogP contribution is -2.41. The van der Waals surface area contributed by atoms with Crippen LogP contribution in [0.5, 0.6) is 0 Å². The predicted molar refractivity (Wildman–Crippen MR) is 104 cm³/mol. The molecular weight excluding hydrogens is 340 g/mol. The van der Waals surface area contributed by atoms with Gasteiger partial charge in [0.1, 0.15) is 0 Å². The van der Waals surface area contributed by atoms with Crippen LogP contribution < -0.4 is 0 Å². The van der Waals surface area contributed by atoms with Gasteiger partial charge in [-0.05, 0) is 44.4 Å². The van der Waals surface area contributed by atoms with E-state index in [2.05, 4.69) is 35.8 Å². The molecular formula is C22H28N2O3. The zero-order valence-electron chi connectivity index (χ0n) is 16.1. The summed E-state index contributed by atoms with van der Waals surface area (Å²) in [7, 11) is 0. The fraction of sp³-hybridized carbons (Fsp3) is 0.455. The number of piperidine rings is 1. The van der Waals surface area contributed by atoms with E-state index in [1.54, 1.807) is 0 Å². The molecule has 1 aromatic heterocycles. The summed E-state index contributed by atoms with van der Waals surface area (Å²) < 4.78 is 7.20. The number of rotatable bonds is 6. The van der Waals surface area contributed by atoms with E-state index in [9.17, 15) is 9.59 Å². The van der Waals surface area contributed by atoms with Crippen molar-refractivity contribution in [1.29, 1.82) is 0 Å². The number of amides is 1. The molecule has 144 valence electrons. The Hall–Kier alpha value is -2.56. The molecule has 2 heterocycles. The Morgan fingerprint density at radius 3 is 2.33 bits per heavy atom. The number of esters is 1. The molecule has 0 unspecified atom stereocenters. The molecule has 27 heavy (non-hydrogen) atoms. The second-order valence-electron chi connectivity index (χ2n) is 7.17. The average Bonchev–Trinajstić information content (AvgIpc) is 3.21. The summed E-state index contributed by atoms with van der Waals surface area (Å²) in [6.07, 6.45) is 5.80. The summed E-state index contributed by atoms with van der Waals surface area (Å²) in [5.41, 5.74) is 2.34. The SMILES string of the molecule is CCOC(=O)C1CCN(C(=O)C[C@@H](c2ccc(C)cc2)n2cccc2)CC1. The van der Waals surface area contributed by atoms with Gasteiger partial charge in [0.15, 0.2) is 0 Å². The molecule has 5 nitrogen and oxygen atoms in total. The number of carbonyl (C=O) groups excluding carboxylic acids is 2. The first-order chi connectivity index (χ1) is 13.1. The summed E-state index contributed by atoms with van der Waals surface area (Å²) in [6, 6.07) is 12.3. The van der Waals surface area contributed by atoms with Crippen molar-refractivity contribution in [3.63, 3.8) is 0 Å². The highest BCUT2D eigenvalue weighted by Crippen LogP contribution is 2.26. The number of aryl methyl sites for hydroxylation is 1. The van der Waals surface area contributed by atoms with Crippen molar-refractivity contribution in [2.45, 2.75) is 39.2 Å². The summed E-state index contributed by atoms with van der Waals surface area (Å²) in [6.45, 7) is 5.53. The molecule has 0 N–H and O–H groups in total. The van der Waals surface area contributed by atoms with Gasteiger partial charge in [-0.1, -0.05) is 29.8 Å². The first-order valence-electron chi connectivity index (χ1n) is 9.72. The molecule has 0 radical (unpaired) electrons. The van der Waals surface area contributed by atoms with Crippen LogP contribution in [0.2, 0.25) is 0 Å². The highest BCUT2D eigenvalue weighted by Gasteiger charge is 2.29. The van der Waals surface area contributed by atoms with Crippen LogP contribution >= 0.6 is 0 Å². The van der Waals surface area contributed by atoms with E-state index in [1.165, 1.54) is 5.56 Å². The molecule has 1 fully saturated rings. The van der Waals surface area contributed by atoms with Crippen molar-refractivity contribution < 1.29 is 14.3 Å². The number of hydrogen-bond donors (Lipinski definition) is 0. The first kappa shape index (κ1) is 19.2. The quantitative estimate of drug-likeness (QED) is 0.733. The Morgan fingerprint density at radius 2 is 1.74 bits per heavy atom. The second kappa shape index (κ2) is 8.89. The highest BCUT2D eigenvalue weighted by atomic mass is 16.5. The van der Waals surface area contributed by atoms with E-state index in [4.69, 9.17) is 4.74 Å². The Labute approximate surface area is 160 Å². The van der Waals surface area contributed by atoms with Gasteiger partial charge < -0.3 is 14.2 Å². The minimum absolute atomic E-state index is 0.0177. The van der Waals surface area contributed by atoms with Crippen LogP contribution in [-0.4, -0.2) is 41.0 Å². The number of carbonyl (C=O) groups is 2. The topological polar surface area (TPSA) is 51.5 Å². The molecule has 1 aromatic carbocycles. The normalized spacial score (nSPS) is 16.1.